The summed E-state index contributed by atoms with van der Waals surface area (Å²) >= 11 is 0. The normalized spacial score (nSPS) is 11.2. The molecule has 0 aliphatic carbocycles. The van der Waals surface area contributed by atoms with Crippen molar-refractivity contribution in [1.29, 1.82) is 0 Å². The van der Waals surface area contributed by atoms with Crippen LogP contribution in [0.3, 0.4) is 0 Å². The second-order valence-corrected chi connectivity index (χ2v) is 3.93. The molecule has 0 amide bonds. The first-order chi connectivity index (χ1) is 6.09. The van der Waals surface area contributed by atoms with Crippen molar-refractivity contribution in [3.63, 3.8) is 0 Å². The van der Waals surface area contributed by atoms with E-state index in [2.05, 4.69) is 48.1 Å². The molecule has 0 fully saturated rings. The van der Waals surface area contributed by atoms with Gasteiger partial charge in [0.2, 0.25) is 0 Å². The molecule has 0 unspecified atom stereocenters. The average Bonchev–Trinajstić information content (AvgIpc) is 2.03. The fraction of sp³-hybridized carbons (Fsp3) is 0.778. The first kappa shape index (κ1) is 10.0. The topological polar surface area (TPSA) is 51.6 Å². The number of nitrogens with zero attached hydrogens (tertiary/aromatic N) is 4. The third-order valence-corrected chi connectivity index (χ3v) is 1.66. The van der Waals surface area contributed by atoms with Crippen LogP contribution in [-0.2, 0) is 6.42 Å². The maximum absolute atomic E-state index is 4.33. The zero-order chi connectivity index (χ0) is 9.84. The van der Waals surface area contributed by atoms with E-state index in [0.717, 1.165) is 18.1 Å². The Morgan fingerprint density at radius 3 is 2.31 bits per heavy atom. The quantitative estimate of drug-likeness (QED) is 0.708. The van der Waals surface area contributed by atoms with Crippen molar-refractivity contribution in [2.45, 2.75) is 40.0 Å². The van der Waals surface area contributed by atoms with Gasteiger partial charge in [-0.2, -0.15) is 0 Å². The largest absolute Gasteiger partial charge is 0.214 e. The van der Waals surface area contributed by atoms with Crippen LogP contribution in [0.15, 0.2) is 0 Å². The van der Waals surface area contributed by atoms with Gasteiger partial charge in [0, 0.05) is 12.3 Å². The van der Waals surface area contributed by atoms with Crippen LogP contribution in [0.5, 0.6) is 0 Å². The minimum Gasteiger partial charge on any atom is -0.214 e. The number of rotatable bonds is 3. The van der Waals surface area contributed by atoms with Crippen molar-refractivity contribution >= 4 is 0 Å². The summed E-state index contributed by atoms with van der Waals surface area (Å²) in [6.45, 7) is 8.38. The maximum Gasteiger partial charge on any atom is 0.157 e. The van der Waals surface area contributed by atoms with Crippen LogP contribution in [-0.4, -0.2) is 20.4 Å². The van der Waals surface area contributed by atoms with Crippen LogP contribution < -0.4 is 0 Å². The lowest BCUT2D eigenvalue weighted by molar-refractivity contribution is 0.579. The summed E-state index contributed by atoms with van der Waals surface area (Å²) in [7, 11) is 0. The van der Waals surface area contributed by atoms with Crippen LogP contribution in [0.2, 0.25) is 0 Å². The highest BCUT2D eigenvalue weighted by Crippen LogP contribution is 2.07. The van der Waals surface area contributed by atoms with Gasteiger partial charge in [-0.15, -0.1) is 10.2 Å². The van der Waals surface area contributed by atoms with Gasteiger partial charge in [-0.3, -0.25) is 0 Å². The number of hydrogen-bond donors (Lipinski definition) is 0. The predicted octanol–water partition coefficient (Wildman–Crippen LogP) is 1.59. The molecule has 1 rings (SSSR count). The van der Waals surface area contributed by atoms with Crippen LogP contribution in [0, 0.1) is 5.92 Å². The lowest BCUT2D eigenvalue weighted by Gasteiger charge is -2.04. The molecule has 4 nitrogen and oxygen atoms in total. The van der Waals surface area contributed by atoms with E-state index in [1.807, 2.05) is 0 Å². The third-order valence-electron chi connectivity index (χ3n) is 1.66. The Bertz CT molecular complexity index is 270. The molecule has 0 saturated carbocycles. The summed E-state index contributed by atoms with van der Waals surface area (Å²) in [6.07, 6.45) is 0.870. The summed E-state index contributed by atoms with van der Waals surface area (Å²) in [6, 6.07) is 0. The molecule has 1 heterocycles. The van der Waals surface area contributed by atoms with E-state index in [4.69, 9.17) is 0 Å². The molecule has 13 heavy (non-hydrogen) atoms. The molecule has 0 aliphatic rings. The van der Waals surface area contributed by atoms with E-state index in [9.17, 15) is 0 Å². The Labute approximate surface area is 78.8 Å². The zero-order valence-electron chi connectivity index (χ0n) is 8.65. The van der Waals surface area contributed by atoms with Crippen molar-refractivity contribution in [2.75, 3.05) is 0 Å². The molecule has 0 saturated heterocycles. The first-order valence-electron chi connectivity index (χ1n) is 4.65. The molecular weight excluding hydrogens is 164 g/mol. The molecule has 0 radical (unpaired) electrons. The Kier molecular flexibility index (Phi) is 3.28. The molecule has 0 bridgehead atoms. The molecule has 4 heteroatoms. The highest BCUT2D eigenvalue weighted by Gasteiger charge is 2.07. The van der Waals surface area contributed by atoms with Crippen molar-refractivity contribution in [3.8, 4) is 0 Å². The Morgan fingerprint density at radius 1 is 1.08 bits per heavy atom. The van der Waals surface area contributed by atoms with Gasteiger partial charge in [0.25, 0.3) is 0 Å². The molecule has 1 aromatic heterocycles. The molecular formula is C9H16N4. The average molecular weight is 180 g/mol. The van der Waals surface area contributed by atoms with Crippen LogP contribution >= 0.6 is 0 Å². The lowest BCUT2D eigenvalue weighted by Crippen LogP contribution is -2.08. The SMILES string of the molecule is CC(C)Cc1nnnc(C(C)C)n1. The van der Waals surface area contributed by atoms with Gasteiger partial charge in [0.05, 0.1) is 0 Å². The Morgan fingerprint density at radius 2 is 1.77 bits per heavy atom. The van der Waals surface area contributed by atoms with Crippen LogP contribution in [0.25, 0.3) is 0 Å². The summed E-state index contributed by atoms with van der Waals surface area (Å²) in [5.41, 5.74) is 0. The number of aromatic nitrogens is 4. The van der Waals surface area contributed by atoms with E-state index >= 15 is 0 Å². The molecule has 0 atom stereocenters. The third kappa shape index (κ3) is 3.05. The summed E-state index contributed by atoms with van der Waals surface area (Å²) < 4.78 is 0. The predicted molar refractivity (Wildman–Crippen MR) is 50.3 cm³/mol. The molecule has 0 N–H and O–H groups in total. The van der Waals surface area contributed by atoms with Crippen molar-refractivity contribution in [1.82, 2.24) is 20.4 Å². The first-order valence-corrected chi connectivity index (χ1v) is 4.65. The zero-order valence-corrected chi connectivity index (χ0v) is 8.65. The van der Waals surface area contributed by atoms with Gasteiger partial charge in [-0.25, -0.2) is 4.98 Å². The molecule has 72 valence electrons. The van der Waals surface area contributed by atoms with Crippen molar-refractivity contribution in [2.24, 2.45) is 5.92 Å². The standard InChI is InChI=1S/C9H16N4/c1-6(2)5-8-10-9(7(3)4)12-13-11-8/h6-7H,5H2,1-4H3. The Balaban J connectivity index is 2.79. The van der Waals surface area contributed by atoms with Crippen LogP contribution in [0.4, 0.5) is 0 Å². The smallest absolute Gasteiger partial charge is 0.157 e. The monoisotopic (exact) mass is 180 g/mol. The number of hydrogen-bond acceptors (Lipinski definition) is 4. The molecule has 0 aromatic carbocycles. The van der Waals surface area contributed by atoms with E-state index in [1.165, 1.54) is 0 Å². The second-order valence-electron chi connectivity index (χ2n) is 3.93. The highest BCUT2D eigenvalue weighted by atomic mass is 15.3. The Hall–Kier alpha value is -1.06. The fourth-order valence-electron chi connectivity index (χ4n) is 0.993. The highest BCUT2D eigenvalue weighted by molar-refractivity contribution is 4.92. The van der Waals surface area contributed by atoms with Gasteiger partial charge >= 0.3 is 0 Å². The molecule has 1 aromatic rings. The minimum atomic E-state index is 0.321. The van der Waals surface area contributed by atoms with Gasteiger partial charge < -0.3 is 0 Å². The van der Waals surface area contributed by atoms with E-state index in [0.29, 0.717) is 11.8 Å². The van der Waals surface area contributed by atoms with E-state index in [1.54, 1.807) is 0 Å². The van der Waals surface area contributed by atoms with Crippen molar-refractivity contribution in [3.05, 3.63) is 11.6 Å². The van der Waals surface area contributed by atoms with Crippen molar-refractivity contribution < 1.29 is 0 Å². The van der Waals surface area contributed by atoms with Crippen LogP contribution in [0.1, 0.15) is 45.3 Å². The summed E-state index contributed by atoms with van der Waals surface area (Å²) in [5, 5.41) is 11.5. The molecule has 0 spiro atoms. The van der Waals surface area contributed by atoms with Gasteiger partial charge in [-0.05, 0) is 11.1 Å². The van der Waals surface area contributed by atoms with E-state index < -0.39 is 0 Å². The lowest BCUT2D eigenvalue weighted by atomic mass is 10.1. The summed E-state index contributed by atoms with van der Waals surface area (Å²) in [4.78, 5) is 4.33. The van der Waals surface area contributed by atoms with Gasteiger partial charge in [0.15, 0.2) is 11.6 Å². The fourth-order valence-corrected chi connectivity index (χ4v) is 0.993. The van der Waals surface area contributed by atoms with Gasteiger partial charge in [0.1, 0.15) is 0 Å². The minimum absolute atomic E-state index is 0.321. The second kappa shape index (κ2) is 4.25. The maximum atomic E-state index is 4.33. The molecule has 0 aliphatic heterocycles. The van der Waals surface area contributed by atoms with Gasteiger partial charge in [-0.1, -0.05) is 27.7 Å². The summed E-state index contributed by atoms with van der Waals surface area (Å²) in [5.74, 6) is 2.46. The van der Waals surface area contributed by atoms with E-state index in [-0.39, 0.29) is 0 Å².